The van der Waals surface area contributed by atoms with E-state index in [0.717, 1.165) is 44.7 Å². The second-order valence-electron chi connectivity index (χ2n) is 6.45. The van der Waals surface area contributed by atoms with Gasteiger partial charge in [0.1, 0.15) is 5.15 Å². The Morgan fingerprint density at radius 1 is 1.33 bits per heavy atom. The van der Waals surface area contributed by atoms with Crippen LogP contribution in [0.3, 0.4) is 0 Å². The van der Waals surface area contributed by atoms with Gasteiger partial charge in [0.25, 0.3) is 0 Å². The number of carbonyl (C=O) groups is 1. The molecule has 2 saturated heterocycles. The molecule has 0 saturated carbocycles. The summed E-state index contributed by atoms with van der Waals surface area (Å²) in [5, 5.41) is 0.413. The molecule has 114 valence electrons. The van der Waals surface area contributed by atoms with Crippen molar-refractivity contribution in [2.45, 2.75) is 39.3 Å². The summed E-state index contributed by atoms with van der Waals surface area (Å²) in [6.45, 7) is 7.64. The Bertz CT molecular complexity index is 533. The Morgan fingerprint density at radius 2 is 2.14 bits per heavy atom. The fourth-order valence-corrected chi connectivity index (χ4v) is 3.51. The molecule has 2 aliphatic heterocycles. The van der Waals surface area contributed by atoms with Crippen LogP contribution in [0.4, 0.5) is 0 Å². The minimum Gasteiger partial charge on any atom is -0.339 e. The van der Waals surface area contributed by atoms with Gasteiger partial charge in [-0.05, 0) is 33.2 Å². The monoisotopic (exact) mass is 308 g/mol. The van der Waals surface area contributed by atoms with Gasteiger partial charge in [-0.3, -0.25) is 14.7 Å². The largest absolute Gasteiger partial charge is 0.339 e. The second-order valence-corrected chi connectivity index (χ2v) is 6.84. The van der Waals surface area contributed by atoms with Crippen molar-refractivity contribution in [3.05, 3.63) is 23.2 Å². The predicted molar refractivity (Wildman–Crippen MR) is 80.8 cm³/mol. The lowest BCUT2D eigenvalue weighted by Gasteiger charge is -2.54. The number of likely N-dealkylation sites (tertiary alicyclic amines) is 2. The van der Waals surface area contributed by atoms with Gasteiger partial charge in [-0.15, -0.1) is 0 Å². The van der Waals surface area contributed by atoms with E-state index < -0.39 is 0 Å². The van der Waals surface area contributed by atoms with Crippen LogP contribution >= 0.6 is 11.6 Å². The molecular weight excluding hydrogens is 288 g/mol. The zero-order chi connectivity index (χ0) is 15.0. The number of hydrogen-bond acceptors (Lipinski definition) is 4. The van der Waals surface area contributed by atoms with E-state index in [-0.39, 0.29) is 5.41 Å². The third-order valence-electron chi connectivity index (χ3n) is 4.53. The first-order valence-corrected chi connectivity index (χ1v) is 7.88. The first kappa shape index (κ1) is 14.7. The average molecular weight is 309 g/mol. The van der Waals surface area contributed by atoms with Crippen LogP contribution in [-0.4, -0.2) is 51.4 Å². The van der Waals surface area contributed by atoms with Gasteiger partial charge >= 0.3 is 0 Å². The highest BCUT2D eigenvalue weighted by Crippen LogP contribution is 2.41. The maximum atomic E-state index is 12.5. The molecule has 2 fully saturated rings. The van der Waals surface area contributed by atoms with Crippen molar-refractivity contribution in [2.24, 2.45) is 5.41 Å². The smallest absolute Gasteiger partial charge is 0.232 e. The van der Waals surface area contributed by atoms with Crippen molar-refractivity contribution in [2.75, 3.05) is 19.6 Å². The highest BCUT2D eigenvalue weighted by Gasteiger charge is 2.54. The Balaban J connectivity index is 1.64. The highest BCUT2D eigenvalue weighted by molar-refractivity contribution is 6.29. The van der Waals surface area contributed by atoms with Gasteiger partial charge in [0.05, 0.1) is 23.5 Å². The molecule has 0 bridgehead atoms. The normalized spacial score (nSPS) is 26.5. The summed E-state index contributed by atoms with van der Waals surface area (Å²) in [4.78, 5) is 25.1. The topological polar surface area (TPSA) is 49.3 Å². The summed E-state index contributed by atoms with van der Waals surface area (Å²) >= 11 is 5.76. The molecule has 1 amide bonds. The van der Waals surface area contributed by atoms with E-state index in [1.807, 2.05) is 4.90 Å². The van der Waals surface area contributed by atoms with Crippen molar-refractivity contribution in [1.29, 1.82) is 0 Å². The Kier molecular flexibility index (Phi) is 3.88. The molecule has 3 rings (SSSR count). The van der Waals surface area contributed by atoms with Gasteiger partial charge in [-0.2, -0.15) is 0 Å². The molecule has 3 heterocycles. The number of β-lactam (4-membered cyclic amide) rings is 1. The van der Waals surface area contributed by atoms with Gasteiger partial charge in [0.2, 0.25) is 5.91 Å². The van der Waals surface area contributed by atoms with E-state index in [2.05, 4.69) is 28.7 Å². The SMILES string of the molecule is CC(C)N1CC2(CCCN(Cc3cnc(Cl)cn3)C2)C1=O. The molecule has 0 radical (unpaired) electrons. The van der Waals surface area contributed by atoms with Crippen LogP contribution < -0.4 is 0 Å². The Hall–Kier alpha value is -1.20. The van der Waals surface area contributed by atoms with Gasteiger partial charge in [0.15, 0.2) is 0 Å². The lowest BCUT2D eigenvalue weighted by molar-refractivity contribution is -0.169. The Labute approximate surface area is 130 Å². The van der Waals surface area contributed by atoms with E-state index in [1.54, 1.807) is 12.4 Å². The summed E-state index contributed by atoms with van der Waals surface area (Å²) in [6, 6.07) is 0.306. The van der Waals surface area contributed by atoms with Crippen LogP contribution in [0.5, 0.6) is 0 Å². The van der Waals surface area contributed by atoms with Crippen LogP contribution in [-0.2, 0) is 11.3 Å². The highest BCUT2D eigenvalue weighted by atomic mass is 35.5. The molecule has 1 unspecified atom stereocenters. The number of carbonyl (C=O) groups excluding carboxylic acids is 1. The third-order valence-corrected chi connectivity index (χ3v) is 4.72. The van der Waals surface area contributed by atoms with Crippen molar-refractivity contribution in [1.82, 2.24) is 19.8 Å². The number of amides is 1. The van der Waals surface area contributed by atoms with E-state index in [0.29, 0.717) is 17.1 Å². The van der Waals surface area contributed by atoms with Gasteiger partial charge in [-0.1, -0.05) is 11.6 Å². The zero-order valence-corrected chi connectivity index (χ0v) is 13.3. The second kappa shape index (κ2) is 5.54. The van der Waals surface area contributed by atoms with Crippen LogP contribution in [0.2, 0.25) is 5.15 Å². The number of rotatable bonds is 3. The van der Waals surface area contributed by atoms with E-state index in [4.69, 9.17) is 11.6 Å². The van der Waals surface area contributed by atoms with Crippen molar-refractivity contribution in [3.63, 3.8) is 0 Å². The molecule has 1 aromatic heterocycles. The first-order chi connectivity index (χ1) is 10.00. The number of hydrogen-bond donors (Lipinski definition) is 0. The summed E-state index contributed by atoms with van der Waals surface area (Å²) in [5.41, 5.74) is 0.756. The van der Waals surface area contributed by atoms with Gasteiger partial charge in [0, 0.05) is 25.7 Å². The molecule has 5 nitrogen and oxygen atoms in total. The standard InChI is InChI=1S/C15H21ClN4O/c1-11(2)20-10-15(14(20)21)4-3-5-19(9-15)8-12-6-18-13(16)7-17-12/h6-7,11H,3-5,8-10H2,1-2H3. The fourth-order valence-electron chi connectivity index (χ4n) is 3.41. The summed E-state index contributed by atoms with van der Waals surface area (Å²) in [6.07, 6.45) is 5.37. The molecule has 0 aromatic carbocycles. The molecule has 6 heteroatoms. The fraction of sp³-hybridized carbons (Fsp3) is 0.667. The molecule has 1 atom stereocenters. The summed E-state index contributed by atoms with van der Waals surface area (Å²) in [5.74, 6) is 0.324. The first-order valence-electron chi connectivity index (χ1n) is 7.50. The summed E-state index contributed by atoms with van der Waals surface area (Å²) < 4.78 is 0. The van der Waals surface area contributed by atoms with E-state index >= 15 is 0 Å². The molecule has 0 aliphatic carbocycles. The maximum absolute atomic E-state index is 12.5. The minimum absolute atomic E-state index is 0.150. The van der Waals surface area contributed by atoms with Crippen molar-refractivity contribution < 1.29 is 4.79 Å². The number of piperidine rings is 1. The maximum Gasteiger partial charge on any atom is 0.232 e. The van der Waals surface area contributed by atoms with Gasteiger partial charge < -0.3 is 4.90 Å². The number of aromatic nitrogens is 2. The van der Waals surface area contributed by atoms with Crippen LogP contribution in [0.15, 0.2) is 12.4 Å². The minimum atomic E-state index is -0.150. The number of halogens is 1. The third kappa shape index (κ3) is 2.77. The van der Waals surface area contributed by atoms with Gasteiger partial charge in [-0.25, -0.2) is 4.98 Å². The average Bonchev–Trinajstić information content (AvgIpc) is 2.47. The quantitative estimate of drug-likeness (QED) is 0.801. The van der Waals surface area contributed by atoms with Crippen LogP contribution in [0.1, 0.15) is 32.4 Å². The van der Waals surface area contributed by atoms with E-state index in [1.165, 1.54) is 0 Å². The predicted octanol–water partition coefficient (Wildman–Crippen LogP) is 1.96. The van der Waals surface area contributed by atoms with Crippen LogP contribution in [0, 0.1) is 5.41 Å². The lowest BCUT2D eigenvalue weighted by atomic mass is 9.71. The molecular formula is C15H21ClN4O. The zero-order valence-electron chi connectivity index (χ0n) is 12.5. The van der Waals surface area contributed by atoms with Crippen LogP contribution in [0.25, 0.3) is 0 Å². The lowest BCUT2D eigenvalue weighted by Crippen LogP contribution is -2.68. The molecule has 1 aromatic rings. The van der Waals surface area contributed by atoms with Crippen molar-refractivity contribution in [3.8, 4) is 0 Å². The van der Waals surface area contributed by atoms with E-state index in [9.17, 15) is 4.79 Å². The summed E-state index contributed by atoms with van der Waals surface area (Å²) in [7, 11) is 0. The molecule has 1 spiro atoms. The molecule has 0 N–H and O–H groups in total. The number of nitrogens with zero attached hydrogens (tertiary/aromatic N) is 4. The Morgan fingerprint density at radius 3 is 2.76 bits per heavy atom. The molecule has 21 heavy (non-hydrogen) atoms. The van der Waals surface area contributed by atoms with Crippen molar-refractivity contribution >= 4 is 17.5 Å². The molecule has 2 aliphatic rings.